The minimum atomic E-state index is -0.923. The van der Waals surface area contributed by atoms with E-state index >= 15 is 0 Å². The Balaban J connectivity index is 2.70. The molecule has 66 valence electrons. The van der Waals surface area contributed by atoms with Gasteiger partial charge in [-0.05, 0) is 12.3 Å². The smallest absolute Gasteiger partial charge is 0.354 e. The Morgan fingerprint density at radius 3 is 3.17 bits per heavy atom. The van der Waals surface area contributed by atoms with Gasteiger partial charge in [0.25, 0.3) is 0 Å². The topological polar surface area (TPSA) is 55.1 Å². The zero-order valence-electron chi connectivity index (χ0n) is 6.73. The van der Waals surface area contributed by atoms with Crippen LogP contribution >= 0.6 is 11.8 Å². The number of hydrogen-bond acceptors (Lipinski definition) is 3. The van der Waals surface area contributed by atoms with Gasteiger partial charge in [-0.3, -0.25) is 4.68 Å². The minimum Gasteiger partial charge on any atom is -0.477 e. The molecule has 1 aromatic rings. The molecule has 0 saturated heterocycles. The molecule has 0 saturated carbocycles. The molecule has 4 nitrogen and oxygen atoms in total. The average Bonchev–Trinajstić information content (AvgIpc) is 2.48. The molecule has 12 heavy (non-hydrogen) atoms. The standard InChI is InChI=1S/C7H10N2O2S/c1-12-5-4-9-6(7(10)11)2-3-8-9/h2-3H,4-5H2,1H3,(H,10,11). The summed E-state index contributed by atoms with van der Waals surface area (Å²) in [7, 11) is 0. The molecule has 0 spiro atoms. The Morgan fingerprint density at radius 2 is 2.58 bits per heavy atom. The maximum absolute atomic E-state index is 10.6. The Kier molecular flexibility index (Phi) is 3.16. The van der Waals surface area contributed by atoms with Crippen molar-refractivity contribution < 1.29 is 9.90 Å². The second-order valence-corrected chi connectivity index (χ2v) is 3.22. The van der Waals surface area contributed by atoms with Crippen LogP contribution in [0.2, 0.25) is 0 Å². The number of carboxylic acids is 1. The van der Waals surface area contributed by atoms with Crippen LogP contribution in [-0.4, -0.2) is 32.9 Å². The Morgan fingerprint density at radius 1 is 1.83 bits per heavy atom. The van der Waals surface area contributed by atoms with Gasteiger partial charge >= 0.3 is 5.97 Å². The lowest BCUT2D eigenvalue weighted by atomic mass is 10.4. The number of aromatic nitrogens is 2. The molecule has 1 aromatic heterocycles. The summed E-state index contributed by atoms with van der Waals surface area (Å²) in [5, 5.41) is 12.6. The van der Waals surface area contributed by atoms with Crippen molar-refractivity contribution in [2.24, 2.45) is 0 Å². The summed E-state index contributed by atoms with van der Waals surface area (Å²) in [6.07, 6.45) is 3.48. The van der Waals surface area contributed by atoms with Gasteiger partial charge < -0.3 is 5.11 Å². The first kappa shape index (κ1) is 9.12. The Labute approximate surface area is 74.6 Å². The first-order valence-electron chi connectivity index (χ1n) is 3.49. The highest BCUT2D eigenvalue weighted by Crippen LogP contribution is 2.01. The number of carboxylic acid groups (broad SMARTS) is 1. The van der Waals surface area contributed by atoms with E-state index in [2.05, 4.69) is 5.10 Å². The van der Waals surface area contributed by atoms with Crippen molar-refractivity contribution in [3.05, 3.63) is 18.0 Å². The molecule has 1 N–H and O–H groups in total. The fraction of sp³-hybridized carbons (Fsp3) is 0.429. The molecule has 0 aliphatic heterocycles. The number of nitrogens with zero attached hydrogens (tertiary/aromatic N) is 2. The lowest BCUT2D eigenvalue weighted by Gasteiger charge is -2.01. The highest BCUT2D eigenvalue weighted by molar-refractivity contribution is 7.98. The van der Waals surface area contributed by atoms with Crippen LogP contribution in [0.4, 0.5) is 0 Å². The largest absolute Gasteiger partial charge is 0.477 e. The minimum absolute atomic E-state index is 0.254. The second-order valence-electron chi connectivity index (χ2n) is 2.24. The number of carbonyl (C=O) groups is 1. The van der Waals surface area contributed by atoms with Crippen LogP contribution in [0.5, 0.6) is 0 Å². The van der Waals surface area contributed by atoms with Gasteiger partial charge in [-0.15, -0.1) is 0 Å². The molecular formula is C7H10N2O2S. The summed E-state index contributed by atoms with van der Waals surface area (Å²) in [5.74, 6) is -0.0456. The first-order valence-corrected chi connectivity index (χ1v) is 4.89. The third kappa shape index (κ3) is 2.01. The van der Waals surface area contributed by atoms with Crippen LogP contribution in [-0.2, 0) is 6.54 Å². The molecule has 0 aliphatic carbocycles. The number of aromatic carboxylic acids is 1. The van der Waals surface area contributed by atoms with Crippen LogP contribution in [0.3, 0.4) is 0 Å². The van der Waals surface area contributed by atoms with Crippen molar-refractivity contribution in [3.63, 3.8) is 0 Å². The van der Waals surface area contributed by atoms with Gasteiger partial charge in [-0.1, -0.05) is 0 Å². The fourth-order valence-electron chi connectivity index (χ4n) is 0.870. The van der Waals surface area contributed by atoms with E-state index in [9.17, 15) is 4.79 Å². The molecular weight excluding hydrogens is 176 g/mol. The van der Waals surface area contributed by atoms with E-state index < -0.39 is 5.97 Å². The zero-order chi connectivity index (χ0) is 8.97. The molecule has 1 heterocycles. The van der Waals surface area contributed by atoms with Crippen molar-refractivity contribution >= 4 is 17.7 Å². The molecule has 0 fully saturated rings. The molecule has 0 unspecified atom stereocenters. The molecule has 0 bridgehead atoms. The number of rotatable bonds is 4. The van der Waals surface area contributed by atoms with Crippen LogP contribution in [0.15, 0.2) is 12.3 Å². The molecule has 0 aromatic carbocycles. The molecule has 0 radical (unpaired) electrons. The van der Waals surface area contributed by atoms with Crippen molar-refractivity contribution in [1.82, 2.24) is 9.78 Å². The van der Waals surface area contributed by atoms with Crippen LogP contribution < -0.4 is 0 Å². The van der Waals surface area contributed by atoms with Gasteiger partial charge in [-0.25, -0.2) is 4.79 Å². The van der Waals surface area contributed by atoms with E-state index in [4.69, 9.17) is 5.11 Å². The molecule has 1 rings (SSSR count). The van der Waals surface area contributed by atoms with Gasteiger partial charge in [0.05, 0.1) is 6.54 Å². The molecule has 0 amide bonds. The summed E-state index contributed by atoms with van der Waals surface area (Å²) in [5.41, 5.74) is 0.254. The fourth-order valence-corrected chi connectivity index (χ4v) is 1.23. The monoisotopic (exact) mass is 186 g/mol. The summed E-state index contributed by atoms with van der Waals surface area (Å²) >= 11 is 1.67. The summed E-state index contributed by atoms with van der Waals surface area (Å²) < 4.78 is 1.50. The Hall–Kier alpha value is -0.970. The van der Waals surface area contributed by atoms with Crippen molar-refractivity contribution in [3.8, 4) is 0 Å². The molecule has 5 heteroatoms. The summed E-state index contributed by atoms with van der Waals surface area (Å²) in [4.78, 5) is 10.6. The number of hydrogen-bond donors (Lipinski definition) is 1. The van der Waals surface area contributed by atoms with Crippen molar-refractivity contribution in [2.75, 3.05) is 12.0 Å². The van der Waals surface area contributed by atoms with Crippen molar-refractivity contribution in [2.45, 2.75) is 6.54 Å². The predicted molar refractivity (Wildman–Crippen MR) is 47.6 cm³/mol. The van der Waals surface area contributed by atoms with Gasteiger partial charge in [0, 0.05) is 11.9 Å². The van der Waals surface area contributed by atoms with Gasteiger partial charge in [-0.2, -0.15) is 16.9 Å². The van der Waals surface area contributed by atoms with E-state index in [1.165, 1.54) is 16.9 Å². The first-order chi connectivity index (χ1) is 5.75. The summed E-state index contributed by atoms with van der Waals surface area (Å²) in [6.45, 7) is 0.649. The van der Waals surface area contributed by atoms with Crippen LogP contribution in [0.25, 0.3) is 0 Å². The van der Waals surface area contributed by atoms with E-state index in [0.717, 1.165) is 5.75 Å². The normalized spacial score (nSPS) is 10.1. The van der Waals surface area contributed by atoms with Gasteiger partial charge in [0.15, 0.2) is 0 Å². The highest BCUT2D eigenvalue weighted by Gasteiger charge is 2.08. The molecule has 0 atom stereocenters. The number of aryl methyl sites for hydroxylation is 1. The average molecular weight is 186 g/mol. The zero-order valence-corrected chi connectivity index (χ0v) is 7.54. The SMILES string of the molecule is CSCCn1nccc1C(=O)O. The van der Waals surface area contributed by atoms with Gasteiger partial charge in [0.1, 0.15) is 5.69 Å². The summed E-state index contributed by atoms with van der Waals surface area (Å²) in [6, 6.07) is 1.50. The van der Waals surface area contributed by atoms with Crippen LogP contribution in [0, 0.1) is 0 Å². The van der Waals surface area contributed by atoms with Crippen molar-refractivity contribution in [1.29, 1.82) is 0 Å². The van der Waals surface area contributed by atoms with Crippen LogP contribution in [0.1, 0.15) is 10.5 Å². The van der Waals surface area contributed by atoms with E-state index in [-0.39, 0.29) is 5.69 Å². The maximum atomic E-state index is 10.6. The third-order valence-electron chi connectivity index (χ3n) is 1.44. The molecule has 0 aliphatic rings. The van der Waals surface area contributed by atoms with E-state index in [0.29, 0.717) is 6.54 Å². The quantitative estimate of drug-likeness (QED) is 0.760. The predicted octanol–water partition coefficient (Wildman–Crippen LogP) is 0.944. The highest BCUT2D eigenvalue weighted by atomic mass is 32.2. The third-order valence-corrected chi connectivity index (χ3v) is 2.03. The maximum Gasteiger partial charge on any atom is 0.354 e. The second kappa shape index (κ2) is 4.15. The van der Waals surface area contributed by atoms with E-state index in [1.807, 2.05) is 6.26 Å². The number of thioether (sulfide) groups is 1. The van der Waals surface area contributed by atoms with Gasteiger partial charge in [0.2, 0.25) is 0 Å². The Bertz CT molecular complexity index is 272. The lowest BCUT2D eigenvalue weighted by molar-refractivity contribution is 0.0683. The van der Waals surface area contributed by atoms with E-state index in [1.54, 1.807) is 11.8 Å². The lowest BCUT2D eigenvalue weighted by Crippen LogP contribution is -2.11.